The van der Waals surface area contributed by atoms with Crippen LogP contribution in [0.2, 0.25) is 0 Å². The number of carbonyl (C=O) groups is 1. The molecule has 2 N–H and O–H groups in total. The molecule has 1 aromatic carbocycles. The van der Waals surface area contributed by atoms with E-state index < -0.39 is 12.0 Å². The topological polar surface area (TPSA) is 58.6 Å². The molecule has 21 heavy (non-hydrogen) atoms. The van der Waals surface area contributed by atoms with Crippen LogP contribution in [0.1, 0.15) is 45.7 Å². The molecule has 0 bridgehead atoms. The quantitative estimate of drug-likeness (QED) is 0.846. The van der Waals surface area contributed by atoms with Gasteiger partial charge in [0.05, 0.1) is 0 Å². The molecule has 0 saturated heterocycles. The first-order chi connectivity index (χ1) is 9.61. The number of nitrogens with one attached hydrogen (secondary N) is 1. The monoisotopic (exact) mass is 293 g/mol. The van der Waals surface area contributed by atoms with E-state index in [4.69, 9.17) is 4.74 Å². The molecule has 1 rings (SSSR count). The zero-order chi connectivity index (χ0) is 16.2. The van der Waals surface area contributed by atoms with E-state index in [-0.39, 0.29) is 18.1 Å². The zero-order valence-corrected chi connectivity index (χ0v) is 13.9. The maximum atomic E-state index is 11.2. The fourth-order valence-electron chi connectivity index (χ4n) is 2.04. The number of ether oxygens (including phenoxy) is 1. The first-order valence-electron chi connectivity index (χ1n) is 7.34. The average molecular weight is 293 g/mol. The number of carboxylic acid groups (broad SMARTS) is 1. The van der Waals surface area contributed by atoms with Crippen LogP contribution in [0.5, 0.6) is 5.75 Å². The van der Waals surface area contributed by atoms with Gasteiger partial charge in [-0.15, -0.1) is 0 Å². The van der Waals surface area contributed by atoms with Crippen LogP contribution in [0, 0.1) is 6.92 Å². The highest BCUT2D eigenvalue weighted by atomic mass is 16.5. The van der Waals surface area contributed by atoms with Crippen LogP contribution >= 0.6 is 0 Å². The molecule has 0 spiro atoms. The van der Waals surface area contributed by atoms with Gasteiger partial charge in [-0.1, -0.05) is 46.8 Å². The second-order valence-electron chi connectivity index (χ2n) is 6.75. The van der Waals surface area contributed by atoms with Crippen molar-refractivity contribution in [1.82, 2.24) is 5.32 Å². The molecule has 4 heteroatoms. The number of aliphatic carboxylic acids is 1. The molecular formula is C17H27NO3. The van der Waals surface area contributed by atoms with Gasteiger partial charge >= 0.3 is 5.97 Å². The van der Waals surface area contributed by atoms with Gasteiger partial charge in [-0.25, -0.2) is 0 Å². The number of rotatable bonds is 6. The molecule has 1 unspecified atom stereocenters. The lowest BCUT2D eigenvalue weighted by Gasteiger charge is -2.22. The van der Waals surface area contributed by atoms with Crippen molar-refractivity contribution in [2.45, 2.75) is 59.0 Å². The molecular weight excluding hydrogens is 266 g/mol. The van der Waals surface area contributed by atoms with Crippen LogP contribution in [0.3, 0.4) is 0 Å². The normalized spacial score (nSPS) is 13.3. The highest BCUT2D eigenvalue weighted by Gasteiger charge is 2.20. The minimum atomic E-state index is -0.896. The predicted molar refractivity (Wildman–Crippen MR) is 85.1 cm³/mol. The van der Waals surface area contributed by atoms with Gasteiger partial charge in [-0.05, 0) is 29.5 Å². The summed E-state index contributed by atoms with van der Waals surface area (Å²) < 4.78 is 5.69. The standard InChI is InChI=1S/C17H27NO3/c1-11(2)18-14(16(19)20)10-21-15-8-7-13(9-12(15)3)17(4,5)6/h7-9,11,14,18H,10H2,1-6H3,(H,19,20). The van der Waals surface area contributed by atoms with E-state index in [9.17, 15) is 9.90 Å². The van der Waals surface area contributed by atoms with Crippen molar-refractivity contribution in [1.29, 1.82) is 0 Å². The third kappa shape index (κ3) is 5.38. The summed E-state index contributed by atoms with van der Waals surface area (Å²) in [6.07, 6.45) is 0. The summed E-state index contributed by atoms with van der Waals surface area (Å²) in [4.78, 5) is 11.2. The summed E-state index contributed by atoms with van der Waals surface area (Å²) in [7, 11) is 0. The number of aryl methyl sites for hydroxylation is 1. The molecule has 0 aliphatic rings. The lowest BCUT2D eigenvalue weighted by Crippen LogP contribution is -2.44. The lowest BCUT2D eigenvalue weighted by atomic mass is 9.86. The van der Waals surface area contributed by atoms with Gasteiger partial charge in [-0.3, -0.25) is 10.1 Å². The van der Waals surface area contributed by atoms with E-state index in [1.807, 2.05) is 32.9 Å². The Kier molecular flexibility index (Phi) is 5.78. The Balaban J connectivity index is 2.77. The molecule has 1 aromatic rings. The third-order valence-corrected chi connectivity index (χ3v) is 3.28. The summed E-state index contributed by atoms with van der Waals surface area (Å²) in [5.74, 6) is -0.160. The van der Waals surface area contributed by atoms with Crippen molar-refractivity contribution in [3.63, 3.8) is 0 Å². The summed E-state index contributed by atoms with van der Waals surface area (Å²) in [5, 5.41) is 12.2. The Bertz CT molecular complexity index is 489. The Morgan fingerprint density at radius 2 is 1.95 bits per heavy atom. The van der Waals surface area contributed by atoms with Crippen molar-refractivity contribution in [3.05, 3.63) is 29.3 Å². The van der Waals surface area contributed by atoms with Gasteiger partial charge in [0.25, 0.3) is 0 Å². The van der Waals surface area contributed by atoms with E-state index in [1.54, 1.807) is 0 Å². The maximum absolute atomic E-state index is 11.2. The smallest absolute Gasteiger partial charge is 0.324 e. The molecule has 4 nitrogen and oxygen atoms in total. The lowest BCUT2D eigenvalue weighted by molar-refractivity contribution is -0.140. The Morgan fingerprint density at radius 1 is 1.33 bits per heavy atom. The van der Waals surface area contributed by atoms with Gasteiger partial charge in [0.1, 0.15) is 18.4 Å². The second kappa shape index (κ2) is 6.94. The molecule has 1 atom stereocenters. The Hall–Kier alpha value is -1.55. The molecule has 0 aliphatic carbocycles. The van der Waals surface area contributed by atoms with Crippen LogP contribution in [0.15, 0.2) is 18.2 Å². The highest BCUT2D eigenvalue weighted by molar-refractivity contribution is 5.73. The molecule has 0 radical (unpaired) electrons. The number of hydrogen-bond acceptors (Lipinski definition) is 3. The van der Waals surface area contributed by atoms with Crippen LogP contribution in [0.25, 0.3) is 0 Å². The second-order valence-corrected chi connectivity index (χ2v) is 6.75. The van der Waals surface area contributed by atoms with E-state index in [0.717, 1.165) is 11.3 Å². The van der Waals surface area contributed by atoms with Crippen molar-refractivity contribution in [2.75, 3.05) is 6.61 Å². The number of benzene rings is 1. The average Bonchev–Trinajstić information content (AvgIpc) is 2.33. The van der Waals surface area contributed by atoms with Gasteiger partial charge < -0.3 is 9.84 Å². The highest BCUT2D eigenvalue weighted by Crippen LogP contribution is 2.27. The largest absolute Gasteiger partial charge is 0.491 e. The fourth-order valence-corrected chi connectivity index (χ4v) is 2.04. The predicted octanol–water partition coefficient (Wildman–Crippen LogP) is 3.12. The first kappa shape index (κ1) is 17.5. The number of carboxylic acids is 1. The van der Waals surface area contributed by atoms with Gasteiger partial charge in [0.2, 0.25) is 0 Å². The summed E-state index contributed by atoms with van der Waals surface area (Å²) in [5.41, 5.74) is 2.35. The first-order valence-corrected chi connectivity index (χ1v) is 7.34. The minimum Gasteiger partial charge on any atom is -0.491 e. The molecule has 0 aliphatic heterocycles. The Labute approximate surface area is 127 Å². The molecule has 0 heterocycles. The fraction of sp³-hybridized carbons (Fsp3) is 0.588. The van der Waals surface area contributed by atoms with Crippen LogP contribution in [-0.4, -0.2) is 29.8 Å². The van der Waals surface area contributed by atoms with Crippen molar-refractivity contribution >= 4 is 5.97 Å². The molecule has 0 amide bonds. The molecule has 0 fully saturated rings. The van der Waals surface area contributed by atoms with Crippen LogP contribution in [-0.2, 0) is 10.2 Å². The summed E-state index contributed by atoms with van der Waals surface area (Å²) in [6.45, 7) is 12.4. The third-order valence-electron chi connectivity index (χ3n) is 3.28. The van der Waals surface area contributed by atoms with Gasteiger partial charge in [-0.2, -0.15) is 0 Å². The van der Waals surface area contributed by atoms with Crippen LogP contribution < -0.4 is 10.1 Å². The Morgan fingerprint density at radius 3 is 2.38 bits per heavy atom. The number of hydrogen-bond donors (Lipinski definition) is 2. The van der Waals surface area contributed by atoms with Gasteiger partial charge in [0, 0.05) is 6.04 Å². The van der Waals surface area contributed by atoms with Crippen LogP contribution in [0.4, 0.5) is 0 Å². The molecule has 0 aromatic heterocycles. The maximum Gasteiger partial charge on any atom is 0.324 e. The molecule has 118 valence electrons. The molecule has 0 saturated carbocycles. The van der Waals surface area contributed by atoms with E-state index >= 15 is 0 Å². The van der Waals surface area contributed by atoms with E-state index in [1.165, 1.54) is 5.56 Å². The van der Waals surface area contributed by atoms with Crippen molar-refractivity contribution in [2.24, 2.45) is 0 Å². The summed E-state index contributed by atoms with van der Waals surface area (Å²) in [6, 6.07) is 5.45. The minimum absolute atomic E-state index is 0.0894. The van der Waals surface area contributed by atoms with E-state index in [0.29, 0.717) is 0 Å². The SMILES string of the molecule is Cc1cc(C(C)(C)C)ccc1OCC(NC(C)C)C(=O)O. The van der Waals surface area contributed by atoms with E-state index in [2.05, 4.69) is 32.2 Å². The zero-order valence-electron chi connectivity index (χ0n) is 13.9. The van der Waals surface area contributed by atoms with Crippen molar-refractivity contribution in [3.8, 4) is 5.75 Å². The van der Waals surface area contributed by atoms with Crippen molar-refractivity contribution < 1.29 is 14.6 Å². The summed E-state index contributed by atoms with van der Waals surface area (Å²) >= 11 is 0. The van der Waals surface area contributed by atoms with Gasteiger partial charge in [0.15, 0.2) is 0 Å².